The Balaban J connectivity index is 0.976. The monoisotopic (exact) mass is 1050 g/mol. The molecule has 0 amide bonds. The van der Waals surface area contributed by atoms with Gasteiger partial charge in [0.15, 0.2) is 0 Å². The molecular weight excluding hydrogens is 1000 g/mol. The molecule has 10 heteroatoms. The molecule has 0 atom stereocenters. The maximum atomic E-state index is 7.17. The highest BCUT2D eigenvalue weighted by atomic mass is 16.5. The predicted molar refractivity (Wildman–Crippen MR) is 338 cm³/mol. The number of hydrogen-bond acceptors (Lipinski definition) is 6. The number of fused-ring (bicyclic) bond motifs is 26. The fraction of sp³-hybridized carbons (Fsp3) is 0.0833. The third-order valence-corrected chi connectivity index (χ3v) is 19.2. The van der Waals surface area contributed by atoms with Crippen LogP contribution in [-0.2, 0) is 10.8 Å². The Kier molecular flexibility index (Phi) is 8.43. The minimum absolute atomic E-state index is 0.327. The van der Waals surface area contributed by atoms with Crippen LogP contribution >= 0.6 is 0 Å². The van der Waals surface area contributed by atoms with Crippen molar-refractivity contribution >= 4 is 114 Å². The summed E-state index contributed by atoms with van der Waals surface area (Å²) < 4.78 is 19.3. The van der Waals surface area contributed by atoms with Crippen molar-refractivity contribution in [2.24, 2.45) is 0 Å². The molecule has 6 aliphatic heterocycles. The van der Waals surface area contributed by atoms with Crippen LogP contribution in [0.5, 0.6) is 23.0 Å². The van der Waals surface area contributed by atoms with Gasteiger partial charge in [-0.25, -0.2) is 0 Å². The lowest BCUT2D eigenvalue weighted by atomic mass is 9.61. The quantitative estimate of drug-likeness (QED) is 0.161. The number of anilines is 8. The summed E-state index contributed by atoms with van der Waals surface area (Å²) in [5, 5.41) is 4.97. The lowest BCUT2D eigenvalue weighted by Crippen LogP contribution is -2.55. The van der Waals surface area contributed by atoms with Crippen molar-refractivity contribution in [3.8, 4) is 34.4 Å². The molecule has 8 heterocycles. The largest absolute Gasteiger partial charge is 0.456 e. The summed E-state index contributed by atoms with van der Waals surface area (Å²) >= 11 is 0. The first kappa shape index (κ1) is 44.8. The van der Waals surface area contributed by atoms with Crippen molar-refractivity contribution in [2.75, 3.05) is 19.2 Å². The molecule has 0 saturated carbocycles. The number of nitrogens with zero attached hydrogens (tertiary/aromatic N) is 6. The van der Waals surface area contributed by atoms with Crippen LogP contribution in [0.25, 0.3) is 55.0 Å². The number of rotatable bonds is 2. The summed E-state index contributed by atoms with van der Waals surface area (Å²) in [5.74, 6) is 3.36. The van der Waals surface area contributed by atoms with Crippen LogP contribution in [0.4, 0.5) is 45.5 Å². The highest BCUT2D eigenvalue weighted by Gasteiger charge is 2.62. The van der Waals surface area contributed by atoms with Gasteiger partial charge in [-0.1, -0.05) is 161 Å². The lowest BCUT2D eigenvalue weighted by molar-refractivity contribution is 0.489. The van der Waals surface area contributed by atoms with E-state index < -0.39 is 10.8 Å². The third-order valence-electron chi connectivity index (χ3n) is 19.2. The maximum absolute atomic E-state index is 7.17. The molecule has 0 N–H and O–H groups in total. The van der Waals surface area contributed by atoms with Crippen molar-refractivity contribution in [1.82, 2.24) is 9.13 Å². The predicted octanol–water partition coefficient (Wildman–Crippen LogP) is 16.7. The minimum Gasteiger partial charge on any atom is -0.456 e. The first-order valence-electron chi connectivity index (χ1n) is 28.7. The van der Waals surface area contributed by atoms with Crippen LogP contribution in [0, 0.1) is 0 Å². The SMILES string of the molecule is CC1(C)c2cc(-n3c4ccccc4c4ccccc43)ccc2N2B3c4ccccc4Oc4ccccc4N3c3c2c1c1c2c3C(C)(C)c3cc(-n4c5ccccc5c5ccccc54)ccc3N2B2c3ccccc3Oc3ccccc3N21. The summed E-state index contributed by atoms with van der Waals surface area (Å²) in [6.07, 6.45) is 0. The van der Waals surface area contributed by atoms with Gasteiger partial charge in [0.2, 0.25) is 0 Å². The minimum atomic E-state index is -0.581. The topological polar surface area (TPSA) is 41.3 Å². The number of para-hydroxylation sites is 10. The van der Waals surface area contributed by atoms with E-state index in [9.17, 15) is 0 Å². The van der Waals surface area contributed by atoms with Gasteiger partial charge < -0.3 is 37.9 Å². The van der Waals surface area contributed by atoms with Crippen LogP contribution in [0.15, 0.2) is 231 Å². The molecule has 0 spiro atoms. The molecule has 8 nitrogen and oxygen atoms in total. The Morgan fingerprint density at radius 2 is 0.610 bits per heavy atom. The van der Waals surface area contributed by atoms with E-state index in [1.165, 1.54) is 100.0 Å². The standard InChI is InChI=1S/C72H50B2N6O2/c1-71(2)49-41-43(75-53-27-11-5-21-45(53)46-22-6-12-28-54(46)75)37-39-57(49)77-67-65(71)69-68-66(70(67)80-60-32-16-20-36-64(60)82-61-33-17-9-25-51(61)73(77)80)72(3,4)50-42-44(76-55-29-13-7-23-47(55)48-24-8-14-30-56(48)76)38-40-58(50)78(68)74-52-26-10-18-34-62(52)81-63-35-19-15-31-59(63)79(69)74/h5-42H,1-4H3. The molecule has 0 unspecified atom stereocenters. The molecule has 19 rings (SSSR count). The van der Waals surface area contributed by atoms with E-state index in [1.54, 1.807) is 0 Å². The Labute approximate surface area is 475 Å². The van der Waals surface area contributed by atoms with Gasteiger partial charge in [-0.3, -0.25) is 0 Å². The number of hydrogen-bond donors (Lipinski definition) is 0. The van der Waals surface area contributed by atoms with Crippen molar-refractivity contribution in [3.63, 3.8) is 0 Å². The maximum Gasteiger partial charge on any atom is 0.424 e. The average Bonchev–Trinajstić information content (AvgIpc) is 1.57. The summed E-state index contributed by atoms with van der Waals surface area (Å²) in [4.78, 5) is 10.7. The fourth-order valence-electron chi connectivity index (χ4n) is 15.8. The van der Waals surface area contributed by atoms with E-state index in [0.29, 0.717) is 0 Å². The van der Waals surface area contributed by atoms with E-state index in [2.05, 4.69) is 287 Å². The molecule has 82 heavy (non-hydrogen) atoms. The van der Waals surface area contributed by atoms with Crippen LogP contribution < -0.4 is 39.6 Å². The molecule has 0 radical (unpaired) electrons. The van der Waals surface area contributed by atoms with E-state index in [1.807, 2.05) is 0 Å². The van der Waals surface area contributed by atoms with Gasteiger partial charge in [-0.05, 0) is 108 Å². The van der Waals surface area contributed by atoms with Gasteiger partial charge in [0.05, 0.1) is 56.2 Å². The van der Waals surface area contributed by atoms with E-state index in [4.69, 9.17) is 9.47 Å². The molecule has 386 valence electrons. The summed E-state index contributed by atoms with van der Waals surface area (Å²) in [6, 6.07) is 84.8. The van der Waals surface area contributed by atoms with Gasteiger partial charge in [0.1, 0.15) is 23.0 Å². The van der Waals surface area contributed by atoms with E-state index in [0.717, 1.165) is 56.7 Å². The first-order chi connectivity index (χ1) is 40.3. The van der Waals surface area contributed by atoms with Crippen LogP contribution in [0.3, 0.4) is 0 Å². The van der Waals surface area contributed by atoms with Crippen LogP contribution in [0.1, 0.15) is 49.9 Å². The summed E-state index contributed by atoms with van der Waals surface area (Å²) in [6.45, 7) is 9.28. The highest BCUT2D eigenvalue weighted by molar-refractivity contribution is 6.87. The van der Waals surface area contributed by atoms with E-state index in [-0.39, 0.29) is 14.0 Å². The Bertz CT molecular complexity index is 4620. The summed E-state index contributed by atoms with van der Waals surface area (Å²) in [5.41, 5.74) is 22.4. The molecule has 11 aromatic carbocycles. The number of ether oxygens (including phenoxy) is 2. The Morgan fingerprint density at radius 1 is 0.305 bits per heavy atom. The van der Waals surface area contributed by atoms with Crippen LogP contribution in [-0.4, -0.2) is 23.1 Å². The highest BCUT2D eigenvalue weighted by Crippen LogP contribution is 2.72. The second-order valence-corrected chi connectivity index (χ2v) is 24.0. The number of benzene rings is 11. The van der Waals surface area contributed by atoms with Gasteiger partial charge in [-0.2, -0.15) is 0 Å². The lowest BCUT2D eigenvalue weighted by Gasteiger charge is -2.46. The second-order valence-electron chi connectivity index (χ2n) is 24.0. The molecule has 0 bridgehead atoms. The zero-order chi connectivity index (χ0) is 54.1. The summed E-state index contributed by atoms with van der Waals surface area (Å²) in [7, 11) is 0. The normalized spacial score (nSPS) is 15.8. The second kappa shape index (κ2) is 15.4. The van der Waals surface area contributed by atoms with Gasteiger partial charge in [0.25, 0.3) is 0 Å². The molecule has 0 aliphatic carbocycles. The molecular formula is C72H50B2N6O2. The number of aromatic nitrogens is 2. The third kappa shape index (κ3) is 5.41. The van der Waals surface area contributed by atoms with Crippen molar-refractivity contribution < 1.29 is 9.47 Å². The van der Waals surface area contributed by atoms with Crippen molar-refractivity contribution in [2.45, 2.75) is 38.5 Å². The molecule has 0 fully saturated rings. The fourth-order valence-corrected chi connectivity index (χ4v) is 15.8. The van der Waals surface area contributed by atoms with Gasteiger partial charge in [0, 0.05) is 77.2 Å². The zero-order valence-corrected chi connectivity index (χ0v) is 45.6. The van der Waals surface area contributed by atoms with Gasteiger partial charge >= 0.3 is 14.0 Å². The van der Waals surface area contributed by atoms with E-state index >= 15 is 0 Å². The molecule has 0 saturated heterocycles. The van der Waals surface area contributed by atoms with Crippen LogP contribution in [0.2, 0.25) is 0 Å². The Hall–Kier alpha value is -10.1. The smallest absolute Gasteiger partial charge is 0.424 e. The molecule has 13 aromatic rings. The Morgan fingerprint density at radius 3 is 0.988 bits per heavy atom. The van der Waals surface area contributed by atoms with Gasteiger partial charge in [-0.15, -0.1) is 0 Å². The molecule has 2 aromatic heterocycles. The van der Waals surface area contributed by atoms with Crippen molar-refractivity contribution in [1.29, 1.82) is 0 Å². The average molecular weight is 1050 g/mol. The molecule has 6 aliphatic rings. The zero-order valence-electron chi connectivity index (χ0n) is 45.6. The van der Waals surface area contributed by atoms with Crippen molar-refractivity contribution in [3.05, 3.63) is 253 Å². The first-order valence-corrected chi connectivity index (χ1v) is 28.7.